The molecule has 0 atom stereocenters. The fourth-order valence-corrected chi connectivity index (χ4v) is 4.63. The average Bonchev–Trinajstić information content (AvgIpc) is 3.27. The second kappa shape index (κ2) is 11.7. The summed E-state index contributed by atoms with van der Waals surface area (Å²) in [6.45, 7) is 8.91. The first-order valence-corrected chi connectivity index (χ1v) is 16.1. The topological polar surface area (TPSA) is 148 Å². The SMILES string of the molecule is Cc1ccnc(Oc2ccc(-c3c(C(N)=O)nn(COCC[Si](C)(C)C)c3-c3ccc([N+](=O)[O-])cc3)cc2F)n1. The fourth-order valence-electron chi connectivity index (χ4n) is 3.88. The van der Waals surface area contributed by atoms with E-state index in [0.717, 1.165) is 6.04 Å². The molecule has 13 heteroatoms. The molecular weight excluding hydrogens is 535 g/mol. The van der Waals surface area contributed by atoms with E-state index >= 15 is 4.39 Å². The van der Waals surface area contributed by atoms with Gasteiger partial charge in [0, 0.05) is 49.8 Å². The first-order chi connectivity index (χ1) is 18.9. The molecule has 4 rings (SSSR count). The lowest BCUT2D eigenvalue weighted by molar-refractivity contribution is -0.384. The zero-order valence-electron chi connectivity index (χ0n) is 22.6. The standard InChI is InChI=1S/C27H29FN6O5Si/c1-17-11-12-30-27(31-17)39-22-10-7-19(15-21(22)28)23-24(26(29)35)32-33(16-38-13-14-40(2,3)4)25(23)18-5-8-20(9-6-18)34(36)37/h5-12,15H,13-14,16H2,1-4H3,(H2,29,35). The van der Waals surface area contributed by atoms with Crippen molar-refractivity contribution in [2.45, 2.75) is 39.3 Å². The van der Waals surface area contributed by atoms with Crippen LogP contribution in [-0.2, 0) is 11.5 Å². The largest absolute Gasteiger partial charge is 0.421 e. The second-order valence-electron chi connectivity index (χ2n) is 10.3. The minimum absolute atomic E-state index is 0.00848. The van der Waals surface area contributed by atoms with Crippen molar-refractivity contribution in [3.8, 4) is 34.1 Å². The van der Waals surface area contributed by atoms with Crippen molar-refractivity contribution in [2.24, 2.45) is 5.73 Å². The Morgan fingerprint density at radius 3 is 2.42 bits per heavy atom. The maximum Gasteiger partial charge on any atom is 0.322 e. The number of hydrogen-bond donors (Lipinski definition) is 1. The van der Waals surface area contributed by atoms with Crippen molar-refractivity contribution in [2.75, 3.05) is 6.61 Å². The highest BCUT2D eigenvalue weighted by Crippen LogP contribution is 2.38. The van der Waals surface area contributed by atoms with Gasteiger partial charge < -0.3 is 15.2 Å². The quantitative estimate of drug-likeness (QED) is 0.108. The van der Waals surface area contributed by atoms with E-state index in [-0.39, 0.29) is 35.4 Å². The molecule has 0 saturated carbocycles. The van der Waals surface area contributed by atoms with Crippen LogP contribution in [0, 0.1) is 22.9 Å². The molecule has 0 aliphatic carbocycles. The van der Waals surface area contributed by atoms with Crippen LogP contribution in [0.1, 0.15) is 16.2 Å². The Hall–Kier alpha value is -4.49. The number of carbonyl (C=O) groups is 1. The Morgan fingerprint density at radius 2 is 1.82 bits per heavy atom. The summed E-state index contributed by atoms with van der Waals surface area (Å²) < 4.78 is 28.1. The normalized spacial score (nSPS) is 11.4. The molecule has 208 valence electrons. The number of rotatable bonds is 11. The molecule has 0 aliphatic rings. The number of non-ortho nitro benzene ring substituents is 1. The van der Waals surface area contributed by atoms with Gasteiger partial charge in [-0.25, -0.2) is 19.0 Å². The molecule has 2 aromatic carbocycles. The molecule has 0 bridgehead atoms. The Labute approximate surface area is 230 Å². The summed E-state index contributed by atoms with van der Waals surface area (Å²) in [5, 5.41) is 15.6. The van der Waals surface area contributed by atoms with E-state index in [4.69, 9.17) is 15.2 Å². The third-order valence-corrected chi connectivity index (χ3v) is 7.65. The second-order valence-corrected chi connectivity index (χ2v) is 15.9. The number of aromatic nitrogens is 4. The van der Waals surface area contributed by atoms with E-state index < -0.39 is 24.7 Å². The van der Waals surface area contributed by atoms with Gasteiger partial charge in [0.2, 0.25) is 0 Å². The summed E-state index contributed by atoms with van der Waals surface area (Å²) in [4.78, 5) is 31.3. The number of primary amides is 1. The van der Waals surface area contributed by atoms with Gasteiger partial charge in [0.05, 0.1) is 10.6 Å². The van der Waals surface area contributed by atoms with Crippen LogP contribution in [0.2, 0.25) is 25.7 Å². The first kappa shape index (κ1) is 28.5. The third kappa shape index (κ3) is 6.73. The summed E-state index contributed by atoms with van der Waals surface area (Å²) >= 11 is 0. The molecule has 0 spiro atoms. The predicted molar refractivity (Wildman–Crippen MR) is 149 cm³/mol. The van der Waals surface area contributed by atoms with Crippen molar-refractivity contribution < 1.29 is 23.6 Å². The van der Waals surface area contributed by atoms with E-state index in [1.165, 1.54) is 47.3 Å². The van der Waals surface area contributed by atoms with E-state index in [2.05, 4.69) is 34.7 Å². The zero-order valence-corrected chi connectivity index (χ0v) is 23.6. The molecule has 0 unspecified atom stereocenters. The maximum atomic E-state index is 15.3. The van der Waals surface area contributed by atoms with Crippen molar-refractivity contribution in [3.63, 3.8) is 0 Å². The Morgan fingerprint density at radius 1 is 1.12 bits per heavy atom. The fraction of sp³-hybridized carbons (Fsp3) is 0.259. The van der Waals surface area contributed by atoms with E-state index in [1.807, 2.05) is 0 Å². The number of nitro groups is 1. The smallest absolute Gasteiger partial charge is 0.322 e. The minimum atomic E-state index is -1.36. The van der Waals surface area contributed by atoms with Crippen LogP contribution in [-0.4, -0.2) is 45.3 Å². The average molecular weight is 565 g/mol. The van der Waals surface area contributed by atoms with Crippen LogP contribution in [0.5, 0.6) is 11.8 Å². The maximum absolute atomic E-state index is 15.3. The molecule has 2 heterocycles. The molecule has 0 saturated heterocycles. The number of hydrogen-bond acceptors (Lipinski definition) is 8. The number of carbonyl (C=O) groups excluding carboxylic acids is 1. The lowest BCUT2D eigenvalue weighted by atomic mass is 9.98. The number of aryl methyl sites for hydroxylation is 1. The highest BCUT2D eigenvalue weighted by molar-refractivity contribution is 6.76. The number of amides is 1. The van der Waals surface area contributed by atoms with Gasteiger partial charge in [-0.3, -0.25) is 14.9 Å². The first-order valence-electron chi connectivity index (χ1n) is 12.4. The molecule has 0 fully saturated rings. The van der Waals surface area contributed by atoms with Gasteiger partial charge in [-0.1, -0.05) is 25.7 Å². The number of benzene rings is 2. The molecule has 0 aliphatic heterocycles. The summed E-state index contributed by atoms with van der Waals surface area (Å²) in [5.41, 5.74) is 7.60. The summed E-state index contributed by atoms with van der Waals surface area (Å²) in [6, 6.07) is 12.5. The molecule has 0 radical (unpaired) electrons. The van der Waals surface area contributed by atoms with Gasteiger partial charge in [-0.05, 0) is 48.9 Å². The molecular formula is C27H29FN6O5Si. The lowest BCUT2D eigenvalue weighted by Crippen LogP contribution is -2.22. The van der Waals surface area contributed by atoms with Crippen LogP contribution in [0.15, 0.2) is 54.7 Å². The molecule has 1 amide bonds. The van der Waals surface area contributed by atoms with E-state index in [0.29, 0.717) is 29.1 Å². The van der Waals surface area contributed by atoms with Crippen molar-refractivity contribution in [3.05, 3.63) is 82.0 Å². The van der Waals surface area contributed by atoms with Crippen LogP contribution in [0.3, 0.4) is 0 Å². The zero-order chi connectivity index (χ0) is 29.0. The van der Waals surface area contributed by atoms with Crippen molar-refractivity contribution in [1.29, 1.82) is 0 Å². The van der Waals surface area contributed by atoms with Gasteiger partial charge in [0.1, 0.15) is 6.73 Å². The van der Waals surface area contributed by atoms with Gasteiger partial charge in [0.25, 0.3) is 11.6 Å². The number of nitrogens with zero attached hydrogens (tertiary/aromatic N) is 5. The Balaban J connectivity index is 1.79. The van der Waals surface area contributed by atoms with Crippen LogP contribution < -0.4 is 10.5 Å². The van der Waals surface area contributed by atoms with Gasteiger partial charge >= 0.3 is 6.01 Å². The molecule has 40 heavy (non-hydrogen) atoms. The summed E-state index contributed by atoms with van der Waals surface area (Å²) in [5.74, 6) is -1.67. The minimum Gasteiger partial charge on any atom is -0.421 e. The van der Waals surface area contributed by atoms with Crippen LogP contribution >= 0.6 is 0 Å². The molecule has 4 aromatic rings. The van der Waals surface area contributed by atoms with Crippen LogP contribution in [0.25, 0.3) is 22.4 Å². The van der Waals surface area contributed by atoms with E-state index in [9.17, 15) is 14.9 Å². The highest BCUT2D eigenvalue weighted by Gasteiger charge is 2.26. The predicted octanol–water partition coefficient (Wildman–Crippen LogP) is 5.57. The van der Waals surface area contributed by atoms with Gasteiger partial charge in [-0.15, -0.1) is 0 Å². The van der Waals surface area contributed by atoms with Crippen LogP contribution in [0.4, 0.5) is 10.1 Å². The summed E-state index contributed by atoms with van der Waals surface area (Å²) in [6.07, 6.45) is 1.50. The number of nitro benzene ring substituents is 1. The van der Waals surface area contributed by atoms with E-state index in [1.54, 1.807) is 19.1 Å². The third-order valence-electron chi connectivity index (χ3n) is 5.94. The number of halogens is 1. The Kier molecular flexibility index (Phi) is 8.35. The summed E-state index contributed by atoms with van der Waals surface area (Å²) in [7, 11) is -1.36. The molecule has 2 N–H and O–H groups in total. The lowest BCUT2D eigenvalue weighted by Gasteiger charge is -2.16. The highest BCUT2D eigenvalue weighted by atomic mass is 28.3. The van der Waals surface area contributed by atoms with Crippen molar-refractivity contribution in [1.82, 2.24) is 19.7 Å². The monoisotopic (exact) mass is 564 g/mol. The molecule has 2 aromatic heterocycles. The number of nitrogens with two attached hydrogens (primary N) is 1. The van der Waals surface area contributed by atoms with Gasteiger partial charge in [-0.2, -0.15) is 5.10 Å². The molecule has 11 nitrogen and oxygen atoms in total. The number of ether oxygens (including phenoxy) is 2. The van der Waals surface area contributed by atoms with Crippen molar-refractivity contribution >= 4 is 19.7 Å². The van der Waals surface area contributed by atoms with Gasteiger partial charge in [0.15, 0.2) is 17.3 Å². The Bertz CT molecular complexity index is 1550.